The Kier molecular flexibility index (Phi) is 10.7. The maximum atomic E-state index is 12.6. The van der Waals surface area contributed by atoms with Gasteiger partial charge >= 0.3 is 0 Å². The highest BCUT2D eigenvalue weighted by atomic mass is 16.1. The maximum Gasteiger partial charge on any atom is 0.153 e. The van der Waals surface area contributed by atoms with Gasteiger partial charge in [0, 0.05) is 13.0 Å². The van der Waals surface area contributed by atoms with Crippen molar-refractivity contribution in [1.82, 2.24) is 10.6 Å². The van der Waals surface area contributed by atoms with Crippen LogP contribution < -0.4 is 10.6 Å². The number of nitrogens with one attached hydrogen (secondary N) is 2. The van der Waals surface area contributed by atoms with Gasteiger partial charge in [0.1, 0.15) is 5.78 Å². The van der Waals surface area contributed by atoms with Crippen molar-refractivity contribution in [3.8, 4) is 0 Å². The standard InChI is InChI=1S/C20H36N2O2/c1-7-9-11-14-19(4,17(3)23)22-16-13-18(24)20(5,21-6)15-12-10-8-2/h7-8,21-22H,1-2,9-16H2,3-6H3. The lowest BCUT2D eigenvalue weighted by molar-refractivity contribution is -0.126. The molecule has 0 heterocycles. The first-order valence-electron chi connectivity index (χ1n) is 8.96. The van der Waals surface area contributed by atoms with Crippen molar-refractivity contribution >= 4 is 11.6 Å². The summed E-state index contributed by atoms with van der Waals surface area (Å²) in [6, 6.07) is 0. The van der Waals surface area contributed by atoms with Crippen LogP contribution in [-0.4, -0.2) is 36.2 Å². The van der Waals surface area contributed by atoms with Gasteiger partial charge in [-0.15, -0.1) is 13.2 Å². The van der Waals surface area contributed by atoms with E-state index in [0.29, 0.717) is 13.0 Å². The third-order valence-corrected chi connectivity index (χ3v) is 4.98. The highest BCUT2D eigenvalue weighted by Gasteiger charge is 2.32. The van der Waals surface area contributed by atoms with Crippen LogP contribution in [0.3, 0.4) is 0 Å². The highest BCUT2D eigenvalue weighted by Crippen LogP contribution is 2.18. The Morgan fingerprint density at radius 1 is 1.00 bits per heavy atom. The molecule has 0 amide bonds. The van der Waals surface area contributed by atoms with Gasteiger partial charge in [-0.1, -0.05) is 12.2 Å². The number of likely N-dealkylation sites (N-methyl/N-ethyl adjacent to an activating group) is 1. The van der Waals surface area contributed by atoms with Crippen molar-refractivity contribution in [2.24, 2.45) is 0 Å². The summed E-state index contributed by atoms with van der Waals surface area (Å²) in [4.78, 5) is 24.5. The smallest absolute Gasteiger partial charge is 0.153 e. The Morgan fingerprint density at radius 3 is 1.92 bits per heavy atom. The molecule has 2 unspecified atom stereocenters. The van der Waals surface area contributed by atoms with Crippen LogP contribution in [0.1, 0.15) is 65.7 Å². The lowest BCUT2D eigenvalue weighted by Crippen LogP contribution is -2.51. The zero-order valence-corrected chi connectivity index (χ0v) is 16.0. The average Bonchev–Trinajstić information content (AvgIpc) is 2.54. The molecule has 138 valence electrons. The van der Waals surface area contributed by atoms with Gasteiger partial charge in [-0.25, -0.2) is 0 Å². The largest absolute Gasteiger partial charge is 0.308 e. The normalized spacial score (nSPS) is 16.0. The van der Waals surface area contributed by atoms with Gasteiger partial charge in [-0.3, -0.25) is 9.59 Å². The molecule has 0 aromatic carbocycles. The van der Waals surface area contributed by atoms with E-state index in [4.69, 9.17) is 0 Å². The maximum absolute atomic E-state index is 12.6. The first-order chi connectivity index (χ1) is 11.3. The molecule has 4 heteroatoms. The van der Waals surface area contributed by atoms with E-state index in [2.05, 4.69) is 23.8 Å². The Bertz CT molecular complexity index is 433. The van der Waals surface area contributed by atoms with E-state index in [9.17, 15) is 9.59 Å². The van der Waals surface area contributed by atoms with Crippen LogP contribution in [0, 0.1) is 0 Å². The summed E-state index contributed by atoms with van der Waals surface area (Å²) in [6.07, 6.45) is 9.36. The molecule has 2 N–H and O–H groups in total. The molecular formula is C20H36N2O2. The van der Waals surface area contributed by atoms with Crippen molar-refractivity contribution in [3.05, 3.63) is 25.3 Å². The molecule has 0 radical (unpaired) electrons. The number of ketones is 2. The van der Waals surface area contributed by atoms with Crippen LogP contribution in [0.15, 0.2) is 25.3 Å². The number of unbranched alkanes of at least 4 members (excludes halogenated alkanes) is 2. The molecule has 0 spiro atoms. The molecule has 0 saturated heterocycles. The van der Waals surface area contributed by atoms with Crippen molar-refractivity contribution in [2.75, 3.05) is 13.6 Å². The fraction of sp³-hybridized carbons (Fsp3) is 0.700. The van der Waals surface area contributed by atoms with Crippen LogP contribution in [-0.2, 0) is 9.59 Å². The van der Waals surface area contributed by atoms with Crippen molar-refractivity contribution in [2.45, 2.75) is 76.8 Å². The number of hydrogen-bond donors (Lipinski definition) is 2. The number of carbonyl (C=O) groups is 2. The molecule has 2 atom stereocenters. The monoisotopic (exact) mass is 336 g/mol. The zero-order chi connectivity index (χ0) is 18.6. The number of allylic oxidation sites excluding steroid dienone is 2. The van der Waals surface area contributed by atoms with E-state index in [-0.39, 0.29) is 11.6 Å². The predicted molar refractivity (Wildman–Crippen MR) is 102 cm³/mol. The number of carbonyl (C=O) groups excluding carboxylic acids is 2. The SMILES string of the molecule is C=CCCCC(C)(NCCC(=O)C(C)(CCCC=C)NC)C(C)=O. The molecule has 0 aliphatic heterocycles. The molecule has 0 aromatic rings. The minimum absolute atomic E-state index is 0.112. The van der Waals surface area contributed by atoms with Crippen LogP contribution in [0.5, 0.6) is 0 Å². The summed E-state index contributed by atoms with van der Waals surface area (Å²) in [5, 5.41) is 6.46. The third-order valence-electron chi connectivity index (χ3n) is 4.98. The van der Waals surface area contributed by atoms with Gasteiger partial charge in [0.15, 0.2) is 5.78 Å². The van der Waals surface area contributed by atoms with E-state index in [1.165, 1.54) is 0 Å². The van der Waals surface area contributed by atoms with E-state index >= 15 is 0 Å². The molecular weight excluding hydrogens is 300 g/mol. The number of hydrogen-bond acceptors (Lipinski definition) is 4. The van der Waals surface area contributed by atoms with Crippen LogP contribution in [0.4, 0.5) is 0 Å². The quantitative estimate of drug-likeness (QED) is 0.354. The molecule has 0 aliphatic carbocycles. The van der Waals surface area contributed by atoms with Crippen molar-refractivity contribution < 1.29 is 9.59 Å². The molecule has 0 aromatic heterocycles. The van der Waals surface area contributed by atoms with E-state index in [1.807, 2.05) is 33.0 Å². The summed E-state index contributed by atoms with van der Waals surface area (Å²) in [7, 11) is 1.83. The Balaban J connectivity index is 4.56. The summed E-state index contributed by atoms with van der Waals surface area (Å²) in [6.45, 7) is 13.4. The number of Topliss-reactive ketones (excluding diaryl/α,β-unsaturated/α-hetero) is 2. The van der Waals surface area contributed by atoms with E-state index in [0.717, 1.165) is 38.5 Å². The second kappa shape index (κ2) is 11.3. The first kappa shape index (κ1) is 22.7. The van der Waals surface area contributed by atoms with Crippen LogP contribution >= 0.6 is 0 Å². The van der Waals surface area contributed by atoms with Crippen LogP contribution in [0.25, 0.3) is 0 Å². The fourth-order valence-electron chi connectivity index (χ4n) is 2.72. The molecule has 24 heavy (non-hydrogen) atoms. The first-order valence-corrected chi connectivity index (χ1v) is 8.96. The molecule has 0 bridgehead atoms. The molecule has 0 saturated carbocycles. The topological polar surface area (TPSA) is 58.2 Å². The van der Waals surface area contributed by atoms with Crippen LogP contribution in [0.2, 0.25) is 0 Å². The van der Waals surface area contributed by atoms with Gasteiger partial charge in [0.25, 0.3) is 0 Å². The minimum atomic E-state index is -0.567. The summed E-state index contributed by atoms with van der Waals surface area (Å²) in [5.41, 5.74) is -1.08. The van der Waals surface area contributed by atoms with Gasteiger partial charge < -0.3 is 10.6 Å². The molecule has 0 rings (SSSR count). The third kappa shape index (κ3) is 7.54. The molecule has 0 fully saturated rings. The van der Waals surface area contributed by atoms with Gasteiger partial charge in [0.05, 0.1) is 11.1 Å². The van der Waals surface area contributed by atoms with E-state index in [1.54, 1.807) is 6.92 Å². The molecule has 4 nitrogen and oxygen atoms in total. The van der Waals surface area contributed by atoms with Gasteiger partial charge in [-0.2, -0.15) is 0 Å². The van der Waals surface area contributed by atoms with E-state index < -0.39 is 11.1 Å². The summed E-state index contributed by atoms with van der Waals surface area (Å²) in [5.74, 6) is 0.292. The van der Waals surface area contributed by atoms with Gasteiger partial charge in [-0.05, 0) is 66.3 Å². The summed E-state index contributed by atoms with van der Waals surface area (Å²) >= 11 is 0. The Hall–Kier alpha value is -1.26. The number of rotatable bonds is 15. The average molecular weight is 337 g/mol. The molecule has 0 aliphatic rings. The second-order valence-electron chi connectivity index (χ2n) is 6.93. The predicted octanol–water partition coefficient (Wildman–Crippen LogP) is 3.57. The Morgan fingerprint density at radius 2 is 1.50 bits per heavy atom. The second-order valence-corrected chi connectivity index (χ2v) is 6.93. The highest BCUT2D eigenvalue weighted by molar-refractivity contribution is 5.88. The zero-order valence-electron chi connectivity index (χ0n) is 16.0. The summed E-state index contributed by atoms with van der Waals surface area (Å²) < 4.78 is 0. The lowest BCUT2D eigenvalue weighted by atomic mass is 9.87. The lowest BCUT2D eigenvalue weighted by Gasteiger charge is -2.31. The van der Waals surface area contributed by atoms with Gasteiger partial charge in [0.2, 0.25) is 0 Å². The minimum Gasteiger partial charge on any atom is -0.308 e. The van der Waals surface area contributed by atoms with Crippen molar-refractivity contribution in [3.63, 3.8) is 0 Å². The van der Waals surface area contributed by atoms with Crippen molar-refractivity contribution in [1.29, 1.82) is 0 Å². The fourth-order valence-corrected chi connectivity index (χ4v) is 2.72. The Labute approximate surface area is 148 Å².